The maximum Gasteiger partial charge on any atom is 0.00640 e. The first-order chi connectivity index (χ1) is 7.20. The molecule has 0 aliphatic rings. The third-order valence-electron chi connectivity index (χ3n) is 2.97. The molecule has 0 aromatic carbocycles. The van der Waals surface area contributed by atoms with E-state index in [0.29, 0.717) is 0 Å². The first kappa shape index (κ1) is 14.9. The van der Waals surface area contributed by atoms with Crippen molar-refractivity contribution in [1.82, 2.24) is 10.2 Å². The second-order valence-electron chi connectivity index (χ2n) is 4.78. The van der Waals surface area contributed by atoms with Gasteiger partial charge in [-0.25, -0.2) is 0 Å². The Balaban J connectivity index is 3.35. The Hall–Kier alpha value is -0.0800. The molecule has 2 heteroatoms. The van der Waals surface area contributed by atoms with Crippen molar-refractivity contribution in [2.24, 2.45) is 0 Å². The highest BCUT2D eigenvalue weighted by Crippen LogP contribution is 2.09. The molecule has 15 heavy (non-hydrogen) atoms. The monoisotopic (exact) mass is 214 g/mol. The van der Waals surface area contributed by atoms with Gasteiger partial charge in [0.1, 0.15) is 0 Å². The van der Waals surface area contributed by atoms with Gasteiger partial charge in [-0.3, -0.25) is 0 Å². The quantitative estimate of drug-likeness (QED) is 0.563. The molecule has 0 aromatic heterocycles. The van der Waals surface area contributed by atoms with Gasteiger partial charge in [0.2, 0.25) is 0 Å². The molecule has 0 radical (unpaired) electrons. The fourth-order valence-corrected chi connectivity index (χ4v) is 1.89. The number of rotatable bonds is 10. The lowest BCUT2D eigenvalue weighted by Crippen LogP contribution is -2.25. The highest BCUT2D eigenvalue weighted by Gasteiger charge is 2.04. The summed E-state index contributed by atoms with van der Waals surface area (Å²) >= 11 is 0. The van der Waals surface area contributed by atoms with Gasteiger partial charge in [-0.15, -0.1) is 0 Å². The van der Waals surface area contributed by atoms with E-state index in [9.17, 15) is 0 Å². The van der Waals surface area contributed by atoms with E-state index in [1.54, 1.807) is 0 Å². The van der Waals surface area contributed by atoms with Gasteiger partial charge in [-0.1, -0.05) is 32.6 Å². The van der Waals surface area contributed by atoms with Crippen LogP contribution in [0.5, 0.6) is 0 Å². The summed E-state index contributed by atoms with van der Waals surface area (Å²) in [6.07, 6.45) is 9.48. The van der Waals surface area contributed by atoms with Crippen LogP contribution < -0.4 is 5.32 Å². The summed E-state index contributed by atoms with van der Waals surface area (Å²) < 4.78 is 0. The molecule has 0 aliphatic heterocycles. The average molecular weight is 214 g/mol. The van der Waals surface area contributed by atoms with E-state index in [2.05, 4.69) is 38.3 Å². The highest BCUT2D eigenvalue weighted by atomic mass is 15.0. The van der Waals surface area contributed by atoms with E-state index in [1.165, 1.54) is 51.5 Å². The van der Waals surface area contributed by atoms with Crippen molar-refractivity contribution in [3.05, 3.63) is 0 Å². The van der Waals surface area contributed by atoms with Gasteiger partial charge in [0.15, 0.2) is 0 Å². The fraction of sp³-hybridized carbons (Fsp3) is 1.00. The summed E-state index contributed by atoms with van der Waals surface area (Å²) in [6, 6.07) is 0.749. The largest absolute Gasteiger partial charge is 0.317 e. The molecule has 1 atom stereocenters. The molecule has 92 valence electrons. The zero-order chi connectivity index (χ0) is 11.5. The van der Waals surface area contributed by atoms with E-state index in [0.717, 1.165) is 6.04 Å². The van der Waals surface area contributed by atoms with Crippen LogP contribution in [0.15, 0.2) is 0 Å². The van der Waals surface area contributed by atoms with E-state index in [-0.39, 0.29) is 0 Å². The van der Waals surface area contributed by atoms with Crippen molar-refractivity contribution < 1.29 is 0 Å². The highest BCUT2D eigenvalue weighted by molar-refractivity contribution is 4.64. The van der Waals surface area contributed by atoms with Crippen molar-refractivity contribution in [2.75, 3.05) is 27.7 Å². The predicted molar refractivity (Wildman–Crippen MR) is 69.4 cm³/mol. The van der Waals surface area contributed by atoms with Crippen LogP contribution in [0.1, 0.15) is 51.9 Å². The fourth-order valence-electron chi connectivity index (χ4n) is 1.89. The zero-order valence-electron chi connectivity index (χ0n) is 11.2. The molecule has 1 unspecified atom stereocenters. The van der Waals surface area contributed by atoms with Crippen molar-refractivity contribution in [3.63, 3.8) is 0 Å². The Morgan fingerprint density at radius 2 is 1.60 bits per heavy atom. The van der Waals surface area contributed by atoms with Crippen molar-refractivity contribution in [1.29, 1.82) is 0 Å². The van der Waals surface area contributed by atoms with Crippen LogP contribution in [0.25, 0.3) is 0 Å². The lowest BCUT2D eigenvalue weighted by Gasteiger charge is -2.16. The molecule has 0 aliphatic carbocycles. The molecule has 0 aromatic rings. The standard InChI is InChI=1S/C13H30N2/c1-5-6-7-10-13(14-2)11-8-9-12-15(3)4/h13-14H,5-12H2,1-4H3. The summed E-state index contributed by atoms with van der Waals surface area (Å²) in [5.74, 6) is 0. The molecule has 0 rings (SSSR count). The topological polar surface area (TPSA) is 15.3 Å². The van der Waals surface area contributed by atoms with Crippen LogP contribution in [-0.2, 0) is 0 Å². The van der Waals surface area contributed by atoms with Crippen LogP contribution in [0, 0.1) is 0 Å². The second-order valence-corrected chi connectivity index (χ2v) is 4.78. The SMILES string of the molecule is CCCCCC(CCCCN(C)C)NC. The lowest BCUT2D eigenvalue weighted by molar-refractivity contribution is 0.375. The van der Waals surface area contributed by atoms with Crippen molar-refractivity contribution >= 4 is 0 Å². The Labute approximate surface area is 96.4 Å². The normalized spacial score (nSPS) is 13.4. The van der Waals surface area contributed by atoms with E-state index >= 15 is 0 Å². The summed E-state index contributed by atoms with van der Waals surface area (Å²) in [5.41, 5.74) is 0. The molecule has 0 saturated carbocycles. The molecule has 2 nitrogen and oxygen atoms in total. The Kier molecular flexibility index (Phi) is 10.4. The number of hydrogen-bond donors (Lipinski definition) is 1. The molecule has 0 saturated heterocycles. The van der Waals surface area contributed by atoms with Gasteiger partial charge in [0.25, 0.3) is 0 Å². The number of nitrogens with zero attached hydrogens (tertiary/aromatic N) is 1. The van der Waals surface area contributed by atoms with Gasteiger partial charge in [-0.05, 0) is 47.0 Å². The average Bonchev–Trinajstić information content (AvgIpc) is 2.21. The molecule has 0 heterocycles. The molecule has 0 spiro atoms. The van der Waals surface area contributed by atoms with E-state index in [4.69, 9.17) is 0 Å². The molecule has 0 amide bonds. The maximum absolute atomic E-state index is 3.44. The van der Waals surface area contributed by atoms with Crippen molar-refractivity contribution in [3.8, 4) is 0 Å². The van der Waals surface area contributed by atoms with Gasteiger partial charge < -0.3 is 10.2 Å². The van der Waals surface area contributed by atoms with E-state index in [1.807, 2.05) is 0 Å². The predicted octanol–water partition coefficient (Wildman–Crippen LogP) is 2.89. The second kappa shape index (κ2) is 10.4. The van der Waals surface area contributed by atoms with Crippen LogP contribution in [0.4, 0.5) is 0 Å². The number of unbranched alkanes of at least 4 members (excludes halogenated alkanes) is 3. The van der Waals surface area contributed by atoms with Crippen LogP contribution >= 0.6 is 0 Å². The summed E-state index contributed by atoms with van der Waals surface area (Å²) in [7, 11) is 6.40. The maximum atomic E-state index is 3.44. The number of nitrogens with one attached hydrogen (secondary N) is 1. The summed E-state index contributed by atoms with van der Waals surface area (Å²) in [4.78, 5) is 2.27. The van der Waals surface area contributed by atoms with E-state index < -0.39 is 0 Å². The Morgan fingerprint density at radius 1 is 1.00 bits per heavy atom. The van der Waals surface area contributed by atoms with Gasteiger partial charge >= 0.3 is 0 Å². The Morgan fingerprint density at radius 3 is 2.07 bits per heavy atom. The van der Waals surface area contributed by atoms with Crippen LogP contribution in [-0.4, -0.2) is 38.6 Å². The van der Waals surface area contributed by atoms with Gasteiger partial charge in [0.05, 0.1) is 0 Å². The first-order valence-corrected chi connectivity index (χ1v) is 6.52. The summed E-state index contributed by atoms with van der Waals surface area (Å²) in [5, 5.41) is 3.44. The minimum absolute atomic E-state index is 0.749. The van der Waals surface area contributed by atoms with Crippen LogP contribution in [0.2, 0.25) is 0 Å². The molecule has 0 bridgehead atoms. The van der Waals surface area contributed by atoms with Crippen molar-refractivity contribution in [2.45, 2.75) is 57.9 Å². The van der Waals surface area contributed by atoms with Gasteiger partial charge in [-0.2, -0.15) is 0 Å². The minimum atomic E-state index is 0.749. The Bertz CT molecular complexity index is 124. The smallest absolute Gasteiger partial charge is 0.00640 e. The molecular formula is C13H30N2. The molecular weight excluding hydrogens is 184 g/mol. The van der Waals surface area contributed by atoms with Gasteiger partial charge in [0, 0.05) is 6.04 Å². The third-order valence-corrected chi connectivity index (χ3v) is 2.97. The first-order valence-electron chi connectivity index (χ1n) is 6.52. The molecule has 1 N–H and O–H groups in total. The minimum Gasteiger partial charge on any atom is -0.317 e. The number of hydrogen-bond acceptors (Lipinski definition) is 2. The molecule has 0 fully saturated rings. The van der Waals surface area contributed by atoms with Crippen LogP contribution in [0.3, 0.4) is 0 Å². The summed E-state index contributed by atoms with van der Waals surface area (Å²) in [6.45, 7) is 3.50. The zero-order valence-corrected chi connectivity index (χ0v) is 11.2. The lowest BCUT2D eigenvalue weighted by atomic mass is 10.0. The third kappa shape index (κ3) is 10.2.